The normalized spacial score (nSPS) is 34.2. The molecule has 0 amide bonds. The topological polar surface area (TPSA) is 35.2 Å². The first-order valence-corrected chi connectivity index (χ1v) is 6.44. The van der Waals surface area contributed by atoms with Crippen molar-refractivity contribution in [3.63, 3.8) is 0 Å². The number of hydrogen-bond donors (Lipinski definition) is 1. The third kappa shape index (κ3) is 2.36. The molecule has 1 saturated heterocycles. The van der Waals surface area contributed by atoms with Crippen molar-refractivity contribution in [2.75, 3.05) is 13.2 Å². The Morgan fingerprint density at radius 2 is 1.87 bits per heavy atom. The summed E-state index contributed by atoms with van der Waals surface area (Å²) < 4.78 is 5.41. The molecular weight excluding hydrogens is 186 g/mol. The van der Waals surface area contributed by atoms with Gasteiger partial charge in [0.1, 0.15) is 0 Å². The molecule has 88 valence electrons. The van der Waals surface area contributed by atoms with Crippen LogP contribution in [-0.4, -0.2) is 19.3 Å². The molecule has 0 aromatic heterocycles. The van der Waals surface area contributed by atoms with Crippen LogP contribution in [0, 0.1) is 17.3 Å². The third-order valence-electron chi connectivity index (χ3n) is 4.61. The van der Waals surface area contributed by atoms with Gasteiger partial charge >= 0.3 is 0 Å². The first-order valence-electron chi connectivity index (χ1n) is 6.44. The number of hydrogen-bond acceptors (Lipinski definition) is 2. The lowest BCUT2D eigenvalue weighted by molar-refractivity contribution is 0.0416. The third-order valence-corrected chi connectivity index (χ3v) is 4.61. The molecule has 2 fully saturated rings. The zero-order valence-corrected chi connectivity index (χ0v) is 10.2. The fourth-order valence-corrected chi connectivity index (χ4v) is 3.50. The Bertz CT molecular complexity index is 209. The SMILES string of the molecule is CC1(C)CCCC1C(N)C1CCOCC1. The maximum atomic E-state index is 6.47. The highest BCUT2D eigenvalue weighted by molar-refractivity contribution is 4.93. The van der Waals surface area contributed by atoms with Gasteiger partial charge in [0.15, 0.2) is 0 Å². The van der Waals surface area contributed by atoms with Crippen molar-refractivity contribution in [3.05, 3.63) is 0 Å². The van der Waals surface area contributed by atoms with Gasteiger partial charge in [0, 0.05) is 19.3 Å². The molecule has 2 heteroatoms. The summed E-state index contributed by atoms with van der Waals surface area (Å²) in [6.45, 7) is 6.63. The highest BCUT2D eigenvalue weighted by atomic mass is 16.5. The molecule has 2 atom stereocenters. The molecular formula is C13H25NO. The van der Waals surface area contributed by atoms with Crippen LogP contribution < -0.4 is 5.73 Å². The van der Waals surface area contributed by atoms with Crippen LogP contribution in [0.5, 0.6) is 0 Å². The lowest BCUT2D eigenvalue weighted by Gasteiger charge is -2.38. The number of nitrogens with two attached hydrogens (primary N) is 1. The van der Waals surface area contributed by atoms with Gasteiger partial charge in [-0.2, -0.15) is 0 Å². The molecule has 1 saturated carbocycles. The molecule has 1 aliphatic carbocycles. The molecule has 0 bridgehead atoms. The Morgan fingerprint density at radius 3 is 2.40 bits per heavy atom. The van der Waals surface area contributed by atoms with Gasteiger partial charge < -0.3 is 10.5 Å². The van der Waals surface area contributed by atoms with E-state index in [1.165, 1.54) is 32.1 Å². The number of rotatable bonds is 2. The van der Waals surface area contributed by atoms with E-state index in [0.29, 0.717) is 17.4 Å². The summed E-state index contributed by atoms with van der Waals surface area (Å²) >= 11 is 0. The van der Waals surface area contributed by atoms with E-state index in [1.807, 2.05) is 0 Å². The van der Waals surface area contributed by atoms with Crippen molar-refractivity contribution >= 4 is 0 Å². The minimum Gasteiger partial charge on any atom is -0.381 e. The largest absolute Gasteiger partial charge is 0.381 e. The Balaban J connectivity index is 1.96. The van der Waals surface area contributed by atoms with Crippen LogP contribution in [0.15, 0.2) is 0 Å². The molecule has 2 rings (SSSR count). The molecule has 1 aliphatic heterocycles. The van der Waals surface area contributed by atoms with Gasteiger partial charge in [0.25, 0.3) is 0 Å². The van der Waals surface area contributed by atoms with E-state index in [-0.39, 0.29) is 0 Å². The quantitative estimate of drug-likeness (QED) is 0.762. The van der Waals surface area contributed by atoms with E-state index in [1.54, 1.807) is 0 Å². The first kappa shape index (κ1) is 11.4. The van der Waals surface area contributed by atoms with E-state index in [9.17, 15) is 0 Å². The van der Waals surface area contributed by atoms with Gasteiger partial charge in [-0.05, 0) is 42.9 Å². The summed E-state index contributed by atoms with van der Waals surface area (Å²) in [6, 6.07) is 0.409. The van der Waals surface area contributed by atoms with Crippen molar-refractivity contribution in [1.29, 1.82) is 0 Å². The maximum absolute atomic E-state index is 6.47. The van der Waals surface area contributed by atoms with Crippen molar-refractivity contribution in [2.24, 2.45) is 23.0 Å². The minimum atomic E-state index is 0.409. The van der Waals surface area contributed by atoms with Crippen molar-refractivity contribution < 1.29 is 4.74 Å². The summed E-state index contributed by atoms with van der Waals surface area (Å²) in [6.07, 6.45) is 6.41. The van der Waals surface area contributed by atoms with Gasteiger partial charge in [0.2, 0.25) is 0 Å². The summed E-state index contributed by atoms with van der Waals surface area (Å²) in [4.78, 5) is 0. The Kier molecular flexibility index (Phi) is 3.36. The predicted molar refractivity (Wildman–Crippen MR) is 62.6 cm³/mol. The molecule has 0 spiro atoms. The maximum Gasteiger partial charge on any atom is 0.0469 e. The van der Waals surface area contributed by atoms with Crippen LogP contribution in [0.1, 0.15) is 46.0 Å². The monoisotopic (exact) mass is 211 g/mol. The van der Waals surface area contributed by atoms with Crippen LogP contribution in [0.4, 0.5) is 0 Å². The fourth-order valence-electron chi connectivity index (χ4n) is 3.50. The summed E-state index contributed by atoms with van der Waals surface area (Å²) in [5.41, 5.74) is 6.94. The second-order valence-electron chi connectivity index (χ2n) is 6.01. The molecule has 0 aromatic rings. The highest BCUT2D eigenvalue weighted by Gasteiger charge is 2.40. The predicted octanol–water partition coefficient (Wildman–Crippen LogP) is 2.57. The van der Waals surface area contributed by atoms with E-state index in [2.05, 4.69) is 13.8 Å². The lowest BCUT2D eigenvalue weighted by atomic mass is 9.72. The van der Waals surface area contributed by atoms with Crippen LogP contribution in [-0.2, 0) is 4.74 Å². The van der Waals surface area contributed by atoms with Crippen molar-refractivity contribution in [1.82, 2.24) is 0 Å². The van der Waals surface area contributed by atoms with Gasteiger partial charge in [-0.15, -0.1) is 0 Å². The van der Waals surface area contributed by atoms with Gasteiger partial charge in [-0.25, -0.2) is 0 Å². The van der Waals surface area contributed by atoms with E-state index < -0.39 is 0 Å². The smallest absolute Gasteiger partial charge is 0.0469 e. The average molecular weight is 211 g/mol. The summed E-state index contributed by atoms with van der Waals surface area (Å²) in [5, 5.41) is 0. The molecule has 2 aliphatic rings. The molecule has 2 unspecified atom stereocenters. The summed E-state index contributed by atoms with van der Waals surface area (Å²) in [5.74, 6) is 1.45. The zero-order valence-electron chi connectivity index (χ0n) is 10.2. The van der Waals surface area contributed by atoms with Crippen LogP contribution in [0.3, 0.4) is 0 Å². The molecule has 2 nitrogen and oxygen atoms in total. The van der Waals surface area contributed by atoms with Gasteiger partial charge in [-0.3, -0.25) is 0 Å². The first-order chi connectivity index (χ1) is 7.11. The second-order valence-corrected chi connectivity index (χ2v) is 6.01. The van der Waals surface area contributed by atoms with Crippen LogP contribution in [0.2, 0.25) is 0 Å². The van der Waals surface area contributed by atoms with Gasteiger partial charge in [-0.1, -0.05) is 20.3 Å². The Morgan fingerprint density at radius 1 is 1.20 bits per heavy atom. The molecule has 0 aromatic carbocycles. The Labute approximate surface area is 93.6 Å². The summed E-state index contributed by atoms with van der Waals surface area (Å²) in [7, 11) is 0. The lowest BCUT2D eigenvalue weighted by Crippen LogP contribution is -2.44. The zero-order chi connectivity index (χ0) is 10.9. The standard InChI is InChI=1S/C13H25NO/c1-13(2)7-3-4-11(13)12(14)10-5-8-15-9-6-10/h10-12H,3-9,14H2,1-2H3. The molecule has 2 N–H and O–H groups in total. The molecule has 1 heterocycles. The fraction of sp³-hybridized carbons (Fsp3) is 1.00. The second kappa shape index (κ2) is 4.42. The Hall–Kier alpha value is -0.0800. The van der Waals surface area contributed by atoms with Crippen molar-refractivity contribution in [2.45, 2.75) is 52.0 Å². The van der Waals surface area contributed by atoms with Crippen LogP contribution in [0.25, 0.3) is 0 Å². The van der Waals surface area contributed by atoms with Crippen LogP contribution >= 0.6 is 0 Å². The molecule has 0 radical (unpaired) electrons. The van der Waals surface area contributed by atoms with Crippen molar-refractivity contribution in [3.8, 4) is 0 Å². The minimum absolute atomic E-state index is 0.409. The van der Waals surface area contributed by atoms with Gasteiger partial charge in [0.05, 0.1) is 0 Å². The van der Waals surface area contributed by atoms with E-state index in [4.69, 9.17) is 10.5 Å². The highest BCUT2D eigenvalue weighted by Crippen LogP contribution is 2.46. The average Bonchev–Trinajstić information content (AvgIpc) is 2.58. The molecule has 15 heavy (non-hydrogen) atoms. The van der Waals surface area contributed by atoms with E-state index in [0.717, 1.165) is 19.1 Å². The van der Waals surface area contributed by atoms with E-state index >= 15 is 0 Å². The number of ether oxygens (including phenoxy) is 1.